The number of aromatic nitrogens is 1. The molecule has 1 aromatic heterocycles. The second-order valence-electron chi connectivity index (χ2n) is 9.00. The SMILES string of the molecule is CCCC(CCN(C)C)c1cc([C@@H]2CCC3CN2C(=O)N3OCc2ccccc2)no1. The first kappa shape index (κ1) is 21.8. The Balaban J connectivity index is 1.42. The first-order chi connectivity index (χ1) is 15.1. The van der Waals surface area contributed by atoms with E-state index in [9.17, 15) is 4.79 Å². The van der Waals surface area contributed by atoms with E-state index in [0.29, 0.717) is 19.1 Å². The molecule has 31 heavy (non-hydrogen) atoms. The van der Waals surface area contributed by atoms with E-state index < -0.39 is 0 Å². The number of hydroxylamine groups is 2. The number of rotatable bonds is 10. The van der Waals surface area contributed by atoms with E-state index in [1.807, 2.05) is 35.2 Å². The number of hydrogen-bond acceptors (Lipinski definition) is 5. The summed E-state index contributed by atoms with van der Waals surface area (Å²) >= 11 is 0. The van der Waals surface area contributed by atoms with E-state index >= 15 is 0 Å². The van der Waals surface area contributed by atoms with Gasteiger partial charge < -0.3 is 14.3 Å². The van der Waals surface area contributed by atoms with Crippen LogP contribution in [-0.2, 0) is 11.4 Å². The minimum absolute atomic E-state index is 0.0392. The van der Waals surface area contributed by atoms with Crippen LogP contribution in [0.3, 0.4) is 0 Å². The van der Waals surface area contributed by atoms with Crippen molar-refractivity contribution in [1.82, 2.24) is 20.0 Å². The Hall–Kier alpha value is -2.38. The first-order valence-corrected chi connectivity index (χ1v) is 11.4. The Morgan fingerprint density at radius 3 is 2.77 bits per heavy atom. The number of carbonyl (C=O) groups is 1. The Bertz CT molecular complexity index is 854. The van der Waals surface area contributed by atoms with Gasteiger partial charge in [0.15, 0.2) is 0 Å². The predicted molar refractivity (Wildman–Crippen MR) is 118 cm³/mol. The smallest absolute Gasteiger partial charge is 0.344 e. The monoisotopic (exact) mass is 426 g/mol. The lowest BCUT2D eigenvalue weighted by molar-refractivity contribution is -0.140. The molecular formula is C24H34N4O3. The summed E-state index contributed by atoms with van der Waals surface area (Å²) in [4.78, 5) is 23.1. The molecule has 2 fully saturated rings. The third-order valence-electron chi connectivity index (χ3n) is 6.39. The highest BCUT2D eigenvalue weighted by atomic mass is 16.7. The van der Waals surface area contributed by atoms with Crippen LogP contribution in [-0.4, -0.2) is 59.3 Å². The van der Waals surface area contributed by atoms with Gasteiger partial charge in [0.2, 0.25) is 0 Å². The van der Waals surface area contributed by atoms with E-state index in [-0.39, 0.29) is 18.1 Å². The van der Waals surface area contributed by atoms with Crippen LogP contribution in [0.2, 0.25) is 0 Å². The van der Waals surface area contributed by atoms with Crippen LogP contribution >= 0.6 is 0 Å². The molecule has 2 aliphatic rings. The Labute approximate surface area is 184 Å². The maximum atomic E-state index is 13.1. The van der Waals surface area contributed by atoms with Crippen molar-refractivity contribution in [2.45, 2.75) is 63.6 Å². The summed E-state index contributed by atoms with van der Waals surface area (Å²) < 4.78 is 5.79. The summed E-state index contributed by atoms with van der Waals surface area (Å²) in [5.74, 6) is 1.31. The van der Waals surface area contributed by atoms with Crippen LogP contribution in [0.15, 0.2) is 40.9 Å². The number of hydrogen-bond donors (Lipinski definition) is 0. The fourth-order valence-corrected chi connectivity index (χ4v) is 4.67. The van der Waals surface area contributed by atoms with Gasteiger partial charge in [-0.05, 0) is 51.9 Å². The van der Waals surface area contributed by atoms with Crippen molar-refractivity contribution < 1.29 is 14.2 Å². The molecule has 7 nitrogen and oxygen atoms in total. The molecule has 3 atom stereocenters. The summed E-state index contributed by atoms with van der Waals surface area (Å²) in [6.07, 6.45) is 5.02. The van der Waals surface area contributed by atoms with E-state index in [0.717, 1.165) is 55.7 Å². The molecule has 1 aromatic carbocycles. The van der Waals surface area contributed by atoms with E-state index in [4.69, 9.17) is 9.36 Å². The number of urea groups is 1. The largest absolute Gasteiger partial charge is 0.361 e. The molecule has 0 spiro atoms. The molecule has 168 valence electrons. The van der Waals surface area contributed by atoms with Gasteiger partial charge in [-0.1, -0.05) is 48.8 Å². The van der Waals surface area contributed by atoms with Gasteiger partial charge in [0.05, 0.1) is 12.1 Å². The third-order valence-corrected chi connectivity index (χ3v) is 6.39. The van der Waals surface area contributed by atoms with Crippen LogP contribution < -0.4 is 0 Å². The summed E-state index contributed by atoms with van der Waals surface area (Å²) in [5, 5.41) is 5.97. The first-order valence-electron chi connectivity index (χ1n) is 11.4. The van der Waals surface area contributed by atoms with E-state index in [1.54, 1.807) is 5.06 Å². The molecule has 2 aliphatic heterocycles. The maximum absolute atomic E-state index is 13.1. The summed E-state index contributed by atoms with van der Waals surface area (Å²) in [5.41, 5.74) is 1.93. The zero-order chi connectivity index (χ0) is 21.8. The molecule has 2 amide bonds. The van der Waals surface area contributed by atoms with Gasteiger partial charge >= 0.3 is 6.03 Å². The number of benzene rings is 1. The second kappa shape index (κ2) is 9.83. The molecule has 3 heterocycles. The Morgan fingerprint density at radius 1 is 1.23 bits per heavy atom. The Kier molecular flexibility index (Phi) is 6.92. The molecular weight excluding hydrogens is 392 g/mol. The van der Waals surface area contributed by atoms with Gasteiger partial charge in [-0.15, -0.1) is 0 Å². The third kappa shape index (κ3) is 4.93. The minimum Gasteiger partial charge on any atom is -0.361 e. The minimum atomic E-state index is -0.0642. The van der Waals surface area contributed by atoms with E-state index in [1.165, 1.54) is 0 Å². The lowest BCUT2D eigenvalue weighted by Gasteiger charge is -2.28. The molecule has 2 aromatic rings. The van der Waals surface area contributed by atoms with Crippen molar-refractivity contribution in [1.29, 1.82) is 0 Å². The lowest BCUT2D eigenvalue weighted by Crippen LogP contribution is -2.34. The van der Waals surface area contributed by atoms with Crippen molar-refractivity contribution in [3.8, 4) is 0 Å². The van der Waals surface area contributed by atoms with Crippen LogP contribution in [0.25, 0.3) is 0 Å². The number of nitrogens with zero attached hydrogens (tertiary/aromatic N) is 4. The molecule has 4 rings (SSSR count). The molecule has 2 bridgehead atoms. The van der Waals surface area contributed by atoms with Gasteiger partial charge in [0.25, 0.3) is 0 Å². The normalized spacial score (nSPS) is 21.9. The number of amides is 2. The number of piperidine rings is 1. The van der Waals surface area contributed by atoms with Crippen molar-refractivity contribution in [2.24, 2.45) is 0 Å². The fraction of sp³-hybridized carbons (Fsp3) is 0.583. The molecule has 0 saturated carbocycles. The Morgan fingerprint density at radius 2 is 2.03 bits per heavy atom. The zero-order valence-electron chi connectivity index (χ0n) is 18.9. The van der Waals surface area contributed by atoms with Gasteiger partial charge in [-0.2, -0.15) is 5.06 Å². The average molecular weight is 427 g/mol. The average Bonchev–Trinajstić information content (AvgIpc) is 3.35. The highest BCUT2D eigenvalue weighted by Gasteiger charge is 2.47. The number of carbonyl (C=O) groups excluding carboxylic acids is 1. The second-order valence-corrected chi connectivity index (χ2v) is 9.00. The van der Waals surface area contributed by atoms with Crippen LogP contribution in [0.5, 0.6) is 0 Å². The molecule has 0 aliphatic carbocycles. The predicted octanol–water partition coefficient (Wildman–Crippen LogP) is 4.58. The fourth-order valence-electron chi connectivity index (χ4n) is 4.67. The quantitative estimate of drug-likeness (QED) is 0.556. The summed E-state index contributed by atoms with van der Waals surface area (Å²) in [6.45, 7) is 4.30. The summed E-state index contributed by atoms with van der Waals surface area (Å²) in [6, 6.07) is 12.0. The number of fused-ring (bicyclic) bond motifs is 2. The van der Waals surface area contributed by atoms with Crippen molar-refractivity contribution >= 4 is 6.03 Å². The molecule has 0 N–H and O–H groups in total. The van der Waals surface area contributed by atoms with Gasteiger partial charge in [0, 0.05) is 18.5 Å². The molecule has 2 saturated heterocycles. The van der Waals surface area contributed by atoms with Crippen LogP contribution in [0.1, 0.15) is 68.0 Å². The van der Waals surface area contributed by atoms with Gasteiger partial charge in [-0.25, -0.2) is 4.79 Å². The van der Waals surface area contributed by atoms with Gasteiger partial charge in [0.1, 0.15) is 18.1 Å². The highest BCUT2D eigenvalue weighted by molar-refractivity contribution is 5.77. The van der Waals surface area contributed by atoms with Crippen LogP contribution in [0.4, 0.5) is 4.79 Å². The van der Waals surface area contributed by atoms with Crippen molar-refractivity contribution in [3.05, 3.63) is 53.4 Å². The topological polar surface area (TPSA) is 62.0 Å². The molecule has 0 radical (unpaired) electrons. The highest BCUT2D eigenvalue weighted by Crippen LogP contribution is 2.39. The van der Waals surface area contributed by atoms with Crippen LogP contribution in [0, 0.1) is 0 Å². The zero-order valence-corrected chi connectivity index (χ0v) is 18.9. The molecule has 2 unspecified atom stereocenters. The summed E-state index contributed by atoms with van der Waals surface area (Å²) in [7, 11) is 4.19. The van der Waals surface area contributed by atoms with Gasteiger partial charge in [-0.3, -0.25) is 4.84 Å². The molecule has 7 heteroatoms. The van der Waals surface area contributed by atoms with E-state index in [2.05, 4.69) is 37.1 Å². The standard InChI is InChI=1S/C24H34N4O3/c1-4-8-19(13-14-26(2)3)23-15-21(25-31-23)22-12-11-20-16-27(22)24(29)28(20)30-17-18-9-6-5-7-10-18/h5-7,9-10,15,19-20,22H,4,8,11-14,16-17H2,1-3H3/t19?,20?,22-/m0/s1. The maximum Gasteiger partial charge on any atom is 0.344 e. The van der Waals surface area contributed by atoms with Crippen molar-refractivity contribution in [2.75, 3.05) is 27.2 Å². The van der Waals surface area contributed by atoms with Crippen molar-refractivity contribution in [3.63, 3.8) is 0 Å². The lowest BCUT2D eigenvalue weighted by atomic mass is 9.94.